The van der Waals surface area contributed by atoms with Gasteiger partial charge in [-0.05, 0) is 50.6 Å². The largest absolute Gasteiger partial charge is 0.392 e. The quantitative estimate of drug-likeness (QED) is 0.654. The third-order valence-electron chi connectivity index (χ3n) is 4.47. The zero-order chi connectivity index (χ0) is 13.4. The Hall–Kier alpha value is -0.120. The fourth-order valence-electron chi connectivity index (χ4n) is 2.96. The van der Waals surface area contributed by atoms with E-state index in [2.05, 4.69) is 31.0 Å². The summed E-state index contributed by atoms with van der Waals surface area (Å²) in [6.45, 7) is 12.2. The van der Waals surface area contributed by atoms with Crippen LogP contribution in [-0.4, -0.2) is 48.8 Å². The number of hydrogen-bond donors (Lipinski definition) is 2. The second-order valence-electron chi connectivity index (χ2n) is 5.92. The summed E-state index contributed by atoms with van der Waals surface area (Å²) in [6, 6.07) is 0. The molecule has 1 saturated heterocycles. The average Bonchev–Trinajstić information content (AvgIpc) is 2.38. The van der Waals surface area contributed by atoms with E-state index in [1.165, 1.54) is 19.3 Å². The molecule has 0 spiro atoms. The first-order valence-corrected chi connectivity index (χ1v) is 7.77. The molecule has 1 unspecified atom stereocenters. The monoisotopic (exact) mass is 256 g/mol. The molecule has 0 amide bonds. The maximum absolute atomic E-state index is 9.78. The lowest BCUT2D eigenvalue weighted by molar-refractivity contribution is 0.0400. The number of likely N-dealkylation sites (tertiary alicyclic amines) is 1. The molecule has 0 aromatic rings. The molecule has 108 valence electrons. The smallest absolute Gasteiger partial charge is 0.0667 e. The number of rotatable bonds is 8. The van der Waals surface area contributed by atoms with E-state index >= 15 is 0 Å². The molecular formula is C15H32N2O. The van der Waals surface area contributed by atoms with Gasteiger partial charge < -0.3 is 15.3 Å². The number of β-amino-alcohol motifs (C(OH)–C–C–N with tert-alkyl or cyclic N) is 1. The summed E-state index contributed by atoms with van der Waals surface area (Å²) in [5, 5.41) is 13.4. The molecule has 1 heterocycles. The van der Waals surface area contributed by atoms with Crippen LogP contribution in [0, 0.1) is 5.41 Å². The first-order valence-electron chi connectivity index (χ1n) is 7.77. The molecular weight excluding hydrogens is 224 g/mol. The van der Waals surface area contributed by atoms with Gasteiger partial charge in [0.15, 0.2) is 0 Å². The Morgan fingerprint density at radius 2 is 2.00 bits per heavy atom. The maximum Gasteiger partial charge on any atom is 0.0667 e. The van der Waals surface area contributed by atoms with Crippen molar-refractivity contribution in [2.45, 2.75) is 59.0 Å². The molecule has 1 aliphatic heterocycles. The number of aliphatic hydroxyl groups is 1. The average molecular weight is 256 g/mol. The van der Waals surface area contributed by atoms with Gasteiger partial charge in [-0.15, -0.1) is 0 Å². The summed E-state index contributed by atoms with van der Waals surface area (Å²) in [4.78, 5) is 2.47. The van der Waals surface area contributed by atoms with Gasteiger partial charge in [0.05, 0.1) is 6.10 Å². The summed E-state index contributed by atoms with van der Waals surface area (Å²) in [5.74, 6) is 0. The van der Waals surface area contributed by atoms with Crippen LogP contribution in [0.1, 0.15) is 52.9 Å². The minimum atomic E-state index is -0.103. The predicted molar refractivity (Wildman–Crippen MR) is 77.9 cm³/mol. The van der Waals surface area contributed by atoms with Gasteiger partial charge >= 0.3 is 0 Å². The third kappa shape index (κ3) is 4.87. The zero-order valence-corrected chi connectivity index (χ0v) is 12.5. The molecule has 1 fully saturated rings. The number of aliphatic hydroxyl groups excluding tert-OH is 1. The minimum absolute atomic E-state index is 0.103. The van der Waals surface area contributed by atoms with Crippen LogP contribution >= 0.6 is 0 Å². The van der Waals surface area contributed by atoms with E-state index in [9.17, 15) is 5.11 Å². The summed E-state index contributed by atoms with van der Waals surface area (Å²) in [5.41, 5.74) is 0.381. The van der Waals surface area contributed by atoms with Crippen LogP contribution in [0.3, 0.4) is 0 Å². The standard InChI is InChI=1S/C15H32N2O/c1-4-9-16-12-15(5-2,6-3)13-17-10-7-8-14(18)11-17/h14,16,18H,4-13H2,1-3H3. The van der Waals surface area contributed by atoms with Gasteiger partial charge in [0, 0.05) is 19.6 Å². The highest BCUT2D eigenvalue weighted by Gasteiger charge is 2.30. The van der Waals surface area contributed by atoms with E-state index in [4.69, 9.17) is 0 Å². The highest BCUT2D eigenvalue weighted by atomic mass is 16.3. The van der Waals surface area contributed by atoms with Crippen molar-refractivity contribution in [3.63, 3.8) is 0 Å². The van der Waals surface area contributed by atoms with Crippen molar-refractivity contribution in [3.8, 4) is 0 Å². The summed E-state index contributed by atoms with van der Waals surface area (Å²) < 4.78 is 0. The van der Waals surface area contributed by atoms with Crippen LogP contribution in [0.2, 0.25) is 0 Å². The van der Waals surface area contributed by atoms with Crippen molar-refractivity contribution in [1.82, 2.24) is 10.2 Å². The van der Waals surface area contributed by atoms with Gasteiger partial charge in [-0.25, -0.2) is 0 Å². The summed E-state index contributed by atoms with van der Waals surface area (Å²) >= 11 is 0. The molecule has 3 nitrogen and oxygen atoms in total. The van der Waals surface area contributed by atoms with Crippen LogP contribution in [0.5, 0.6) is 0 Å². The summed E-state index contributed by atoms with van der Waals surface area (Å²) in [6.07, 6.45) is 5.66. The Bertz CT molecular complexity index is 217. The zero-order valence-electron chi connectivity index (χ0n) is 12.5. The van der Waals surface area contributed by atoms with Crippen molar-refractivity contribution in [2.75, 3.05) is 32.7 Å². The molecule has 1 atom stereocenters. The van der Waals surface area contributed by atoms with Crippen LogP contribution in [0.4, 0.5) is 0 Å². The van der Waals surface area contributed by atoms with Crippen molar-refractivity contribution in [2.24, 2.45) is 5.41 Å². The normalized spacial score (nSPS) is 22.3. The van der Waals surface area contributed by atoms with Crippen LogP contribution < -0.4 is 5.32 Å². The lowest BCUT2D eigenvalue weighted by Gasteiger charge is -2.40. The van der Waals surface area contributed by atoms with Crippen molar-refractivity contribution >= 4 is 0 Å². The molecule has 2 N–H and O–H groups in total. The van der Waals surface area contributed by atoms with Gasteiger partial charge in [-0.3, -0.25) is 0 Å². The van der Waals surface area contributed by atoms with Gasteiger partial charge in [-0.2, -0.15) is 0 Å². The van der Waals surface area contributed by atoms with Crippen LogP contribution in [0.25, 0.3) is 0 Å². The molecule has 0 aromatic heterocycles. The Kier molecular flexibility index (Phi) is 7.20. The second-order valence-corrected chi connectivity index (χ2v) is 5.92. The Balaban J connectivity index is 2.49. The van der Waals surface area contributed by atoms with E-state index in [-0.39, 0.29) is 6.10 Å². The van der Waals surface area contributed by atoms with E-state index in [0.717, 1.165) is 45.6 Å². The Morgan fingerprint density at radius 1 is 1.28 bits per heavy atom. The molecule has 18 heavy (non-hydrogen) atoms. The minimum Gasteiger partial charge on any atom is -0.392 e. The Labute approximate surface area is 113 Å². The van der Waals surface area contributed by atoms with Crippen molar-refractivity contribution in [1.29, 1.82) is 0 Å². The second kappa shape index (κ2) is 8.13. The van der Waals surface area contributed by atoms with Gasteiger partial charge in [0.25, 0.3) is 0 Å². The SMILES string of the molecule is CCCNCC(CC)(CC)CN1CCCC(O)C1. The van der Waals surface area contributed by atoms with Crippen LogP contribution in [0.15, 0.2) is 0 Å². The number of nitrogens with zero attached hydrogens (tertiary/aromatic N) is 1. The molecule has 1 rings (SSSR count). The number of hydrogen-bond acceptors (Lipinski definition) is 3. The fraction of sp³-hybridized carbons (Fsp3) is 1.00. The van der Waals surface area contributed by atoms with Gasteiger partial charge in [0.2, 0.25) is 0 Å². The van der Waals surface area contributed by atoms with E-state index in [1.54, 1.807) is 0 Å². The van der Waals surface area contributed by atoms with E-state index in [0.29, 0.717) is 5.41 Å². The maximum atomic E-state index is 9.78. The van der Waals surface area contributed by atoms with Crippen molar-refractivity contribution < 1.29 is 5.11 Å². The molecule has 0 radical (unpaired) electrons. The van der Waals surface area contributed by atoms with Gasteiger partial charge in [0.1, 0.15) is 0 Å². The fourth-order valence-corrected chi connectivity index (χ4v) is 2.96. The summed E-state index contributed by atoms with van der Waals surface area (Å²) in [7, 11) is 0. The highest BCUT2D eigenvalue weighted by Crippen LogP contribution is 2.28. The molecule has 0 aliphatic carbocycles. The predicted octanol–water partition coefficient (Wildman–Crippen LogP) is 2.25. The van der Waals surface area contributed by atoms with E-state index < -0.39 is 0 Å². The number of piperidine rings is 1. The molecule has 0 saturated carbocycles. The molecule has 0 aromatic carbocycles. The van der Waals surface area contributed by atoms with Crippen LogP contribution in [-0.2, 0) is 0 Å². The lowest BCUT2D eigenvalue weighted by Crippen LogP contribution is -2.48. The first-order chi connectivity index (χ1) is 8.65. The number of nitrogens with one attached hydrogen (secondary N) is 1. The van der Waals surface area contributed by atoms with Gasteiger partial charge in [-0.1, -0.05) is 20.8 Å². The third-order valence-corrected chi connectivity index (χ3v) is 4.47. The van der Waals surface area contributed by atoms with Crippen molar-refractivity contribution in [3.05, 3.63) is 0 Å². The van der Waals surface area contributed by atoms with E-state index in [1.807, 2.05) is 0 Å². The topological polar surface area (TPSA) is 35.5 Å². The first kappa shape index (κ1) is 15.9. The molecule has 0 bridgehead atoms. The highest BCUT2D eigenvalue weighted by molar-refractivity contribution is 4.85. The Morgan fingerprint density at radius 3 is 2.56 bits per heavy atom. The lowest BCUT2D eigenvalue weighted by atomic mass is 9.81. The molecule has 3 heteroatoms. The molecule has 1 aliphatic rings.